The van der Waals surface area contributed by atoms with Crippen molar-refractivity contribution in [2.45, 2.75) is 33.1 Å². The van der Waals surface area contributed by atoms with Gasteiger partial charge in [-0.15, -0.1) is 11.3 Å². The van der Waals surface area contributed by atoms with E-state index < -0.39 is 5.97 Å². The summed E-state index contributed by atoms with van der Waals surface area (Å²) in [5.41, 5.74) is 9.09. The SMILES string of the molecule is CC1(C)CCc2sc(-c3cccc(N)c3)c(C(=O)O)c2C1. The molecule has 2 aromatic rings. The zero-order valence-corrected chi connectivity index (χ0v) is 13.1. The van der Waals surface area contributed by atoms with Crippen LogP contribution in [-0.2, 0) is 12.8 Å². The van der Waals surface area contributed by atoms with Crippen LogP contribution >= 0.6 is 11.3 Å². The Morgan fingerprint density at radius 3 is 2.81 bits per heavy atom. The molecule has 0 saturated carbocycles. The third kappa shape index (κ3) is 2.56. The molecule has 1 aliphatic carbocycles. The lowest BCUT2D eigenvalue weighted by Gasteiger charge is -2.29. The summed E-state index contributed by atoms with van der Waals surface area (Å²) in [5, 5.41) is 9.69. The third-order valence-electron chi connectivity index (χ3n) is 4.14. The van der Waals surface area contributed by atoms with E-state index in [9.17, 15) is 9.90 Å². The van der Waals surface area contributed by atoms with E-state index in [4.69, 9.17) is 5.73 Å². The van der Waals surface area contributed by atoms with E-state index in [1.165, 1.54) is 4.88 Å². The van der Waals surface area contributed by atoms with E-state index in [1.807, 2.05) is 24.3 Å². The molecule has 3 N–H and O–H groups in total. The lowest BCUT2D eigenvalue weighted by molar-refractivity contribution is 0.0696. The average Bonchev–Trinajstić information content (AvgIpc) is 2.75. The highest BCUT2D eigenvalue weighted by atomic mass is 32.1. The molecule has 4 heteroatoms. The zero-order chi connectivity index (χ0) is 15.2. The van der Waals surface area contributed by atoms with Gasteiger partial charge in [-0.25, -0.2) is 4.79 Å². The number of hydrogen-bond donors (Lipinski definition) is 2. The molecule has 110 valence electrons. The minimum absolute atomic E-state index is 0.172. The molecular weight excluding hydrogens is 282 g/mol. The van der Waals surface area contributed by atoms with E-state index in [0.717, 1.165) is 35.3 Å². The Labute approximate surface area is 128 Å². The second-order valence-electron chi connectivity index (χ2n) is 6.48. The van der Waals surface area contributed by atoms with Crippen molar-refractivity contribution in [1.29, 1.82) is 0 Å². The smallest absolute Gasteiger partial charge is 0.337 e. The predicted molar refractivity (Wildman–Crippen MR) is 86.9 cm³/mol. The van der Waals surface area contributed by atoms with Crippen LogP contribution in [0.5, 0.6) is 0 Å². The first-order valence-corrected chi connectivity index (χ1v) is 7.93. The maximum atomic E-state index is 11.8. The fourth-order valence-corrected chi connectivity index (χ4v) is 4.33. The number of nitrogens with two attached hydrogens (primary N) is 1. The van der Waals surface area contributed by atoms with Gasteiger partial charge in [0.05, 0.1) is 5.56 Å². The highest BCUT2D eigenvalue weighted by molar-refractivity contribution is 7.16. The van der Waals surface area contributed by atoms with Gasteiger partial charge in [0.15, 0.2) is 0 Å². The Hall–Kier alpha value is -1.81. The summed E-state index contributed by atoms with van der Waals surface area (Å²) in [6.45, 7) is 4.42. The average molecular weight is 301 g/mol. The number of hydrogen-bond acceptors (Lipinski definition) is 3. The van der Waals surface area contributed by atoms with Gasteiger partial charge in [0.2, 0.25) is 0 Å². The standard InChI is InChI=1S/C17H19NO2S/c1-17(2)7-6-13-12(9-17)14(16(19)20)15(21-13)10-4-3-5-11(18)8-10/h3-5,8H,6-7,9,18H2,1-2H3,(H,19,20). The van der Waals surface area contributed by atoms with Crippen molar-refractivity contribution in [3.63, 3.8) is 0 Å². The number of carbonyl (C=O) groups is 1. The van der Waals surface area contributed by atoms with Gasteiger partial charge in [-0.3, -0.25) is 0 Å². The number of aromatic carboxylic acids is 1. The van der Waals surface area contributed by atoms with Crippen LogP contribution in [0.3, 0.4) is 0 Å². The predicted octanol–water partition coefficient (Wildman–Crippen LogP) is 4.21. The second kappa shape index (κ2) is 4.88. The molecule has 0 fully saturated rings. The van der Waals surface area contributed by atoms with E-state index in [2.05, 4.69) is 13.8 Å². The molecule has 1 heterocycles. The summed E-state index contributed by atoms with van der Waals surface area (Å²) >= 11 is 1.62. The normalized spacial score (nSPS) is 16.5. The van der Waals surface area contributed by atoms with Gasteiger partial charge in [0.25, 0.3) is 0 Å². The minimum Gasteiger partial charge on any atom is -0.478 e. The fraction of sp³-hybridized carbons (Fsp3) is 0.353. The van der Waals surface area contributed by atoms with Crippen LogP contribution in [0.4, 0.5) is 5.69 Å². The number of carboxylic acids is 1. The van der Waals surface area contributed by atoms with Crippen molar-refractivity contribution in [1.82, 2.24) is 0 Å². The Kier molecular flexibility index (Phi) is 3.29. The molecule has 3 rings (SSSR count). The number of anilines is 1. The molecular formula is C17H19NO2S. The summed E-state index contributed by atoms with van der Waals surface area (Å²) in [6, 6.07) is 7.49. The fourth-order valence-electron chi connectivity index (χ4n) is 3.03. The van der Waals surface area contributed by atoms with Crippen molar-refractivity contribution < 1.29 is 9.90 Å². The Morgan fingerprint density at radius 1 is 1.38 bits per heavy atom. The topological polar surface area (TPSA) is 63.3 Å². The van der Waals surface area contributed by atoms with Crippen LogP contribution in [0, 0.1) is 5.41 Å². The van der Waals surface area contributed by atoms with Crippen LogP contribution in [0.1, 0.15) is 41.1 Å². The number of rotatable bonds is 2. The largest absolute Gasteiger partial charge is 0.478 e. The summed E-state index contributed by atoms with van der Waals surface area (Å²) in [7, 11) is 0. The monoisotopic (exact) mass is 301 g/mol. The van der Waals surface area contributed by atoms with Crippen molar-refractivity contribution in [3.8, 4) is 10.4 Å². The van der Waals surface area contributed by atoms with Gasteiger partial charge in [-0.05, 0) is 47.9 Å². The van der Waals surface area contributed by atoms with Crippen molar-refractivity contribution in [2.24, 2.45) is 5.41 Å². The van der Waals surface area contributed by atoms with Crippen molar-refractivity contribution in [3.05, 3.63) is 40.3 Å². The number of aryl methyl sites for hydroxylation is 1. The van der Waals surface area contributed by atoms with E-state index in [-0.39, 0.29) is 5.41 Å². The van der Waals surface area contributed by atoms with E-state index in [0.29, 0.717) is 11.3 Å². The van der Waals surface area contributed by atoms with Crippen LogP contribution in [0.15, 0.2) is 24.3 Å². The maximum Gasteiger partial charge on any atom is 0.337 e. The van der Waals surface area contributed by atoms with Gasteiger partial charge in [0.1, 0.15) is 0 Å². The van der Waals surface area contributed by atoms with Crippen LogP contribution in [-0.4, -0.2) is 11.1 Å². The Morgan fingerprint density at radius 2 is 2.14 bits per heavy atom. The van der Waals surface area contributed by atoms with E-state index in [1.54, 1.807) is 11.3 Å². The van der Waals surface area contributed by atoms with Gasteiger partial charge >= 0.3 is 5.97 Å². The number of nitrogen functional groups attached to an aromatic ring is 1. The molecule has 3 nitrogen and oxygen atoms in total. The third-order valence-corrected chi connectivity index (χ3v) is 5.48. The number of fused-ring (bicyclic) bond motifs is 1. The summed E-state index contributed by atoms with van der Waals surface area (Å²) in [4.78, 5) is 13.9. The molecule has 1 aliphatic rings. The van der Waals surface area contributed by atoms with Gasteiger partial charge in [0, 0.05) is 15.4 Å². The lowest BCUT2D eigenvalue weighted by atomic mass is 9.76. The molecule has 0 aliphatic heterocycles. The molecule has 0 spiro atoms. The first-order chi connectivity index (χ1) is 9.87. The zero-order valence-electron chi connectivity index (χ0n) is 12.3. The van der Waals surface area contributed by atoms with Crippen LogP contribution in [0.25, 0.3) is 10.4 Å². The summed E-state index contributed by atoms with van der Waals surface area (Å²) < 4.78 is 0. The Balaban J connectivity index is 2.19. The second-order valence-corrected chi connectivity index (χ2v) is 7.58. The van der Waals surface area contributed by atoms with Crippen LogP contribution < -0.4 is 5.73 Å². The van der Waals surface area contributed by atoms with Gasteiger partial charge in [-0.1, -0.05) is 26.0 Å². The number of carboxylic acid groups (broad SMARTS) is 1. The summed E-state index contributed by atoms with van der Waals surface area (Å²) in [6.07, 6.45) is 2.91. The lowest BCUT2D eigenvalue weighted by Crippen LogP contribution is -2.22. The highest BCUT2D eigenvalue weighted by Gasteiger charge is 2.32. The first-order valence-electron chi connectivity index (χ1n) is 7.11. The van der Waals surface area contributed by atoms with Gasteiger partial charge < -0.3 is 10.8 Å². The van der Waals surface area contributed by atoms with Crippen molar-refractivity contribution in [2.75, 3.05) is 5.73 Å². The van der Waals surface area contributed by atoms with Gasteiger partial charge in [-0.2, -0.15) is 0 Å². The number of thiophene rings is 1. The minimum atomic E-state index is -0.831. The Bertz CT molecular complexity index is 716. The molecule has 0 bridgehead atoms. The molecule has 1 aromatic carbocycles. The first kappa shape index (κ1) is 14.1. The highest BCUT2D eigenvalue weighted by Crippen LogP contribution is 2.45. The number of benzene rings is 1. The van der Waals surface area contributed by atoms with Crippen molar-refractivity contribution >= 4 is 23.0 Å². The molecule has 0 radical (unpaired) electrons. The van der Waals surface area contributed by atoms with E-state index >= 15 is 0 Å². The van der Waals surface area contributed by atoms with Crippen LogP contribution in [0.2, 0.25) is 0 Å². The molecule has 0 unspecified atom stereocenters. The molecule has 21 heavy (non-hydrogen) atoms. The summed E-state index contributed by atoms with van der Waals surface area (Å²) in [5.74, 6) is -0.831. The quantitative estimate of drug-likeness (QED) is 0.817. The molecule has 0 amide bonds. The molecule has 0 atom stereocenters. The maximum absolute atomic E-state index is 11.8. The molecule has 0 saturated heterocycles. The molecule has 1 aromatic heterocycles.